The molecule has 0 saturated carbocycles. The van der Waals surface area contributed by atoms with E-state index in [2.05, 4.69) is 256 Å². The first-order valence-electron chi connectivity index (χ1n) is 28.7. The third kappa shape index (κ3) is 13.0. The Bertz CT molecular complexity index is 4360. The van der Waals surface area contributed by atoms with Gasteiger partial charge >= 0.3 is 27.3 Å². The summed E-state index contributed by atoms with van der Waals surface area (Å²) >= 11 is 0. The van der Waals surface area contributed by atoms with Crippen LogP contribution in [0.5, 0.6) is 11.5 Å². The van der Waals surface area contributed by atoms with E-state index in [0.717, 1.165) is 0 Å². The average Bonchev–Trinajstić information content (AvgIpc) is 1.27. The van der Waals surface area contributed by atoms with Crippen LogP contribution in [0.1, 0.15) is 77.1 Å². The topological polar surface area (TPSA) is 145 Å². The van der Waals surface area contributed by atoms with Crippen LogP contribution >= 0.6 is 0 Å². The van der Waals surface area contributed by atoms with E-state index in [0.29, 0.717) is 21.5 Å². The van der Waals surface area contributed by atoms with Crippen molar-refractivity contribution in [2.24, 2.45) is 14.1 Å². The maximum Gasteiger partial charge on any atom is 4.00 e. The molecule has 12 aromatic rings. The summed E-state index contributed by atoms with van der Waals surface area (Å²) in [5.41, 5.74) is 16.9. The number of carboxylic acid groups (broad SMARTS) is 2. The van der Waals surface area contributed by atoms with Crippen LogP contribution in [-0.4, -0.2) is 86.8 Å². The van der Waals surface area contributed by atoms with Gasteiger partial charge in [0.2, 0.25) is 22.4 Å². The minimum absolute atomic E-state index is 0. The molecule has 0 fully saturated rings. The zero-order valence-corrected chi connectivity index (χ0v) is 55.1. The van der Waals surface area contributed by atoms with E-state index >= 15 is 0 Å². The minimum atomic E-state index is -1.54. The smallest absolute Gasteiger partial charge is 0.545 e. The SMILES string of the molecule is Cc1cc(/C=C/c2ccc3cc(N(C)C)ccc3[n+]2C)c(C)n1-c1ccccc1.Cc1cc(/C=C/c2ccc3cc(N(C)C)ccc3[n+]2C)c(C)n1-c1ccccc1.O=C([O-])c1cc2ccccc2c(Cc2c(O)c(C(=O)[O-])cc3ccccc23)c1O.[Pb+4]. The second-order valence-corrected chi connectivity index (χ2v) is 22.3. The third-order valence-electron chi connectivity index (χ3n) is 16.3. The normalized spacial score (nSPS) is 11.2. The number of benzene rings is 8. The van der Waals surface area contributed by atoms with E-state index in [1.807, 2.05) is 0 Å². The maximum atomic E-state index is 11.5. The summed E-state index contributed by atoms with van der Waals surface area (Å²) < 4.78 is 9.12. The molecular formula is C75H70N6O6Pb+4. The van der Waals surface area contributed by atoms with Crippen LogP contribution in [0, 0.1) is 27.7 Å². The number of hydrogen-bond acceptors (Lipinski definition) is 8. The molecule has 0 atom stereocenters. The van der Waals surface area contributed by atoms with Gasteiger partial charge in [0.15, 0.2) is 0 Å². The summed E-state index contributed by atoms with van der Waals surface area (Å²) in [7, 11) is 12.6. The number of carbonyl (C=O) groups is 2. The third-order valence-corrected chi connectivity index (χ3v) is 16.3. The molecule has 12 rings (SSSR count). The Morgan fingerprint density at radius 1 is 0.455 bits per heavy atom. The summed E-state index contributed by atoms with van der Waals surface area (Å²) in [6, 6.07) is 63.9. The zero-order chi connectivity index (χ0) is 61.8. The van der Waals surface area contributed by atoms with Gasteiger partial charge in [0.05, 0.1) is 11.9 Å². The molecule has 0 amide bonds. The number of rotatable bonds is 12. The largest absolute Gasteiger partial charge is 4.00 e. The number of anilines is 2. The molecule has 436 valence electrons. The van der Waals surface area contributed by atoms with Gasteiger partial charge in [-0.2, -0.15) is 9.13 Å². The van der Waals surface area contributed by atoms with Gasteiger partial charge in [-0.3, -0.25) is 0 Å². The maximum absolute atomic E-state index is 11.5. The summed E-state index contributed by atoms with van der Waals surface area (Å²) in [6.45, 7) is 8.69. The van der Waals surface area contributed by atoms with Crippen LogP contribution in [0.2, 0.25) is 0 Å². The Labute approximate surface area is 533 Å². The van der Waals surface area contributed by atoms with Gasteiger partial charge in [-0.1, -0.05) is 84.9 Å². The first-order chi connectivity index (χ1) is 41.8. The van der Waals surface area contributed by atoms with Crippen molar-refractivity contribution in [3.05, 3.63) is 262 Å². The second-order valence-electron chi connectivity index (χ2n) is 22.3. The Hall–Kier alpha value is -9.80. The molecule has 13 heteroatoms. The summed E-state index contributed by atoms with van der Waals surface area (Å²) in [5.74, 6) is -4.03. The fraction of sp³-hybridized carbons (Fsp3) is 0.147. The molecule has 0 aliphatic carbocycles. The molecule has 88 heavy (non-hydrogen) atoms. The Balaban J connectivity index is 0.000000156. The fourth-order valence-electron chi connectivity index (χ4n) is 11.6. The van der Waals surface area contributed by atoms with Crippen LogP contribution in [-0.2, 0) is 20.5 Å². The van der Waals surface area contributed by atoms with E-state index in [1.54, 1.807) is 48.5 Å². The number of pyridine rings is 2. The Morgan fingerprint density at radius 3 is 1.18 bits per heavy atom. The predicted octanol–water partition coefficient (Wildman–Crippen LogP) is 12.0. The van der Waals surface area contributed by atoms with E-state index in [-0.39, 0.29) is 56.0 Å². The molecule has 0 bridgehead atoms. The molecule has 0 radical (unpaired) electrons. The van der Waals surface area contributed by atoms with Gasteiger partial charge in [-0.05, 0) is 157 Å². The van der Waals surface area contributed by atoms with E-state index in [9.17, 15) is 30.0 Å². The molecule has 12 nitrogen and oxygen atoms in total. The van der Waals surface area contributed by atoms with Crippen LogP contribution in [0.25, 0.3) is 79.0 Å². The number of aromatic carboxylic acids is 2. The first kappa shape index (κ1) is 62.7. The van der Waals surface area contributed by atoms with Crippen molar-refractivity contribution < 1.29 is 39.1 Å². The summed E-state index contributed by atoms with van der Waals surface area (Å²) in [4.78, 5) is 27.2. The van der Waals surface area contributed by atoms with Gasteiger partial charge in [0.25, 0.3) is 0 Å². The van der Waals surface area contributed by atoms with Crippen molar-refractivity contribution in [3.8, 4) is 22.9 Å². The van der Waals surface area contributed by atoms with Crippen LogP contribution in [0.15, 0.2) is 194 Å². The molecule has 0 aliphatic heterocycles. The molecule has 4 heterocycles. The number of phenols is 2. The number of nitrogens with zero attached hydrogens (tertiary/aromatic N) is 6. The van der Waals surface area contributed by atoms with Crippen molar-refractivity contribution >= 4 is 118 Å². The summed E-state index contributed by atoms with van der Waals surface area (Å²) in [6.07, 6.45) is 8.75. The Kier molecular flexibility index (Phi) is 19.1. The number of carboxylic acids is 2. The van der Waals surface area contributed by atoms with Crippen LogP contribution in [0.3, 0.4) is 0 Å². The number of para-hydroxylation sites is 2. The molecule has 0 unspecified atom stereocenters. The molecule has 0 aliphatic rings. The minimum Gasteiger partial charge on any atom is -0.545 e. The Morgan fingerprint density at radius 2 is 0.818 bits per heavy atom. The molecule has 2 N–H and O–H groups in total. The zero-order valence-electron chi connectivity index (χ0n) is 51.2. The van der Waals surface area contributed by atoms with Crippen molar-refractivity contribution in [1.29, 1.82) is 0 Å². The number of carbonyl (C=O) groups excluding carboxylic acids is 2. The standard InChI is InChI=1S/2C26H28N3.C23H16O6.Pb/c2*1-19-17-21(20(2)29(19)24-9-7-6-8-10-24)11-13-23-14-12-22-18-25(27(3)4)15-16-26(22)28(23)5;24-20-16(14-7-3-1-5-12(14)9-18(20)22(26)27)11-17-15-8-4-2-6-13(15)10-19(21(17)25)23(28)29;/h2*6-18H,1-5H3;1-10,24-25H,11H2,(H,26,27)(H,28,29);/q2*+1;;+4/p-2. The fourth-order valence-corrected chi connectivity index (χ4v) is 11.6. The van der Waals surface area contributed by atoms with Gasteiger partial charge in [0.1, 0.15) is 25.6 Å². The van der Waals surface area contributed by atoms with E-state index in [4.69, 9.17) is 0 Å². The van der Waals surface area contributed by atoms with E-state index in [1.165, 1.54) is 102 Å². The van der Waals surface area contributed by atoms with Crippen molar-refractivity contribution in [2.75, 3.05) is 38.0 Å². The number of aromatic hydroxyl groups is 2. The van der Waals surface area contributed by atoms with Crippen molar-refractivity contribution in [1.82, 2.24) is 9.13 Å². The van der Waals surface area contributed by atoms with Gasteiger partial charge in [-0.15, -0.1) is 0 Å². The number of fused-ring (bicyclic) bond motifs is 4. The monoisotopic (exact) mass is 1360 g/mol. The first-order valence-corrected chi connectivity index (χ1v) is 28.7. The molecule has 8 aromatic carbocycles. The van der Waals surface area contributed by atoms with Gasteiger partial charge in [-0.25, -0.2) is 0 Å². The number of aromatic nitrogens is 4. The number of hydrogen-bond donors (Lipinski definition) is 2. The molecular weight excluding hydrogens is 1290 g/mol. The summed E-state index contributed by atoms with van der Waals surface area (Å²) in [5, 5.41) is 49.0. The number of aryl methyl sites for hydroxylation is 4. The van der Waals surface area contributed by atoms with Crippen LogP contribution < -0.4 is 29.1 Å². The van der Waals surface area contributed by atoms with E-state index < -0.39 is 23.4 Å². The van der Waals surface area contributed by atoms with Gasteiger partial charge < -0.3 is 48.9 Å². The molecule has 0 saturated heterocycles. The quantitative estimate of drug-likeness (QED) is 0.0909. The van der Waals surface area contributed by atoms with Crippen molar-refractivity contribution in [3.63, 3.8) is 0 Å². The average molecular weight is 1360 g/mol. The predicted molar refractivity (Wildman–Crippen MR) is 356 cm³/mol. The second kappa shape index (κ2) is 26.9. The van der Waals surface area contributed by atoms with Gasteiger partial charge in [0, 0.05) is 150 Å². The van der Waals surface area contributed by atoms with Crippen molar-refractivity contribution in [2.45, 2.75) is 34.1 Å². The molecule has 0 spiro atoms. The van der Waals surface area contributed by atoms with Crippen LogP contribution in [0.4, 0.5) is 11.4 Å². The molecule has 4 aromatic heterocycles.